The third kappa shape index (κ3) is 5.94. The van der Waals surface area contributed by atoms with E-state index in [1.165, 1.54) is 9.80 Å². The van der Waals surface area contributed by atoms with Gasteiger partial charge in [0.25, 0.3) is 5.91 Å². The number of nitrogens with zero attached hydrogens (tertiary/aromatic N) is 4. The predicted octanol–water partition coefficient (Wildman–Crippen LogP) is 1.94. The van der Waals surface area contributed by atoms with Gasteiger partial charge in [0, 0.05) is 45.0 Å². The van der Waals surface area contributed by atoms with Crippen LogP contribution in [-0.2, 0) is 16.1 Å². The van der Waals surface area contributed by atoms with Gasteiger partial charge in [0.1, 0.15) is 11.5 Å². The summed E-state index contributed by atoms with van der Waals surface area (Å²) in [5.41, 5.74) is 3.04. The zero-order valence-corrected chi connectivity index (χ0v) is 19.7. The van der Waals surface area contributed by atoms with Gasteiger partial charge in [0.05, 0.1) is 11.9 Å². The van der Waals surface area contributed by atoms with E-state index in [1.54, 1.807) is 38.6 Å². The van der Waals surface area contributed by atoms with Crippen LogP contribution in [0.15, 0.2) is 54.2 Å². The molecular formula is C23H29ClN6O3. The van der Waals surface area contributed by atoms with Gasteiger partial charge in [-0.15, -0.1) is 0 Å². The molecule has 10 heteroatoms. The predicted molar refractivity (Wildman–Crippen MR) is 127 cm³/mol. The van der Waals surface area contributed by atoms with E-state index < -0.39 is 6.29 Å². The lowest BCUT2D eigenvalue weighted by molar-refractivity contribution is -0.127. The van der Waals surface area contributed by atoms with Crippen LogP contribution in [0.5, 0.6) is 0 Å². The standard InChI is InChI=1S/C23H29ClN6O3/c1-16-11-19(13-25-12-16)26-23-27-21(29(3)15-32)20(22(33)28(2)9-4-10-31)30(23)14-17-5-7-18(24)8-6-17/h5-8,11-13,15,23,26-27,31H,4,9-10,14H2,1-3H3. The highest BCUT2D eigenvalue weighted by Crippen LogP contribution is 2.27. The fraction of sp³-hybridized carbons (Fsp3) is 0.348. The van der Waals surface area contributed by atoms with E-state index in [2.05, 4.69) is 15.6 Å². The number of benzene rings is 1. The minimum absolute atomic E-state index is 0.0188. The minimum Gasteiger partial charge on any atom is -0.396 e. The molecule has 2 heterocycles. The zero-order chi connectivity index (χ0) is 24.0. The Morgan fingerprint density at radius 1 is 1.30 bits per heavy atom. The molecule has 0 saturated carbocycles. The Morgan fingerprint density at radius 2 is 2.03 bits per heavy atom. The first-order valence-electron chi connectivity index (χ1n) is 10.6. The normalized spacial score (nSPS) is 15.3. The van der Waals surface area contributed by atoms with Gasteiger partial charge in [-0.2, -0.15) is 0 Å². The van der Waals surface area contributed by atoms with Crippen molar-refractivity contribution in [2.24, 2.45) is 0 Å². The molecule has 0 saturated heterocycles. The fourth-order valence-corrected chi connectivity index (χ4v) is 3.67. The first kappa shape index (κ1) is 24.3. The Labute approximate surface area is 198 Å². The van der Waals surface area contributed by atoms with Crippen LogP contribution in [-0.4, -0.2) is 70.6 Å². The molecule has 1 aromatic carbocycles. The first-order valence-corrected chi connectivity index (χ1v) is 11.0. The van der Waals surface area contributed by atoms with Crippen molar-refractivity contribution in [3.05, 3.63) is 70.4 Å². The topological polar surface area (TPSA) is 101 Å². The molecule has 3 N–H and O–H groups in total. The summed E-state index contributed by atoms with van der Waals surface area (Å²) >= 11 is 6.05. The molecule has 3 rings (SSSR count). The van der Waals surface area contributed by atoms with Crippen LogP contribution in [0.3, 0.4) is 0 Å². The number of rotatable bonds is 10. The number of carbonyl (C=O) groups excluding carboxylic acids is 2. The van der Waals surface area contributed by atoms with Crippen molar-refractivity contribution in [3.8, 4) is 0 Å². The molecule has 0 fully saturated rings. The smallest absolute Gasteiger partial charge is 0.273 e. The molecule has 0 aliphatic carbocycles. The van der Waals surface area contributed by atoms with Crippen LogP contribution in [0.1, 0.15) is 17.5 Å². The lowest BCUT2D eigenvalue weighted by atomic mass is 10.2. The molecule has 1 atom stereocenters. The molecule has 0 radical (unpaired) electrons. The lowest BCUT2D eigenvalue weighted by Gasteiger charge is -2.31. The Hall–Kier alpha value is -3.30. The Bertz CT molecular complexity index is 1010. The molecule has 1 aromatic heterocycles. The van der Waals surface area contributed by atoms with Gasteiger partial charge in [-0.05, 0) is 42.7 Å². The molecule has 1 unspecified atom stereocenters. The van der Waals surface area contributed by atoms with E-state index in [-0.39, 0.29) is 12.5 Å². The second-order valence-electron chi connectivity index (χ2n) is 7.91. The molecule has 9 nitrogen and oxygen atoms in total. The maximum atomic E-state index is 13.5. The number of likely N-dealkylation sites (N-methyl/N-ethyl adjacent to an activating group) is 1. The number of halogens is 1. The van der Waals surface area contributed by atoms with E-state index in [9.17, 15) is 14.7 Å². The largest absolute Gasteiger partial charge is 0.396 e. The van der Waals surface area contributed by atoms with Gasteiger partial charge in [-0.1, -0.05) is 23.7 Å². The monoisotopic (exact) mass is 472 g/mol. The van der Waals surface area contributed by atoms with E-state index in [4.69, 9.17) is 11.6 Å². The molecule has 2 aromatic rings. The number of carbonyl (C=O) groups is 2. The minimum atomic E-state index is -0.521. The molecular weight excluding hydrogens is 444 g/mol. The van der Waals surface area contributed by atoms with Gasteiger partial charge >= 0.3 is 0 Å². The maximum Gasteiger partial charge on any atom is 0.273 e. The zero-order valence-electron chi connectivity index (χ0n) is 19.0. The van der Waals surface area contributed by atoms with E-state index in [0.29, 0.717) is 42.5 Å². The van der Waals surface area contributed by atoms with Crippen molar-refractivity contribution in [3.63, 3.8) is 0 Å². The Morgan fingerprint density at radius 3 is 2.67 bits per heavy atom. The molecule has 176 valence electrons. The first-order chi connectivity index (χ1) is 15.8. The van der Waals surface area contributed by atoms with Gasteiger partial charge in [0.15, 0.2) is 6.29 Å². The molecule has 0 spiro atoms. The lowest BCUT2D eigenvalue weighted by Crippen LogP contribution is -2.46. The molecule has 0 bridgehead atoms. The van der Waals surface area contributed by atoms with E-state index >= 15 is 0 Å². The van der Waals surface area contributed by atoms with Gasteiger partial charge < -0.3 is 30.4 Å². The summed E-state index contributed by atoms with van der Waals surface area (Å²) in [7, 11) is 3.27. The number of aliphatic hydroxyl groups is 1. The van der Waals surface area contributed by atoms with Crippen molar-refractivity contribution in [1.29, 1.82) is 0 Å². The van der Waals surface area contributed by atoms with Crippen LogP contribution in [0.4, 0.5) is 5.69 Å². The van der Waals surface area contributed by atoms with Gasteiger partial charge in [-0.3, -0.25) is 14.6 Å². The summed E-state index contributed by atoms with van der Waals surface area (Å²) in [5, 5.41) is 16.4. The molecule has 33 heavy (non-hydrogen) atoms. The summed E-state index contributed by atoms with van der Waals surface area (Å²) in [6.45, 7) is 2.69. The fourth-order valence-electron chi connectivity index (χ4n) is 3.54. The second-order valence-corrected chi connectivity index (χ2v) is 8.35. The van der Waals surface area contributed by atoms with Crippen molar-refractivity contribution < 1.29 is 14.7 Å². The van der Waals surface area contributed by atoms with Crippen LogP contribution < -0.4 is 10.6 Å². The number of aryl methyl sites for hydroxylation is 1. The van der Waals surface area contributed by atoms with Crippen LogP contribution in [0.25, 0.3) is 0 Å². The highest BCUT2D eigenvalue weighted by molar-refractivity contribution is 6.30. The summed E-state index contributed by atoms with van der Waals surface area (Å²) in [6.07, 6.45) is 4.04. The average molecular weight is 473 g/mol. The number of amides is 2. The summed E-state index contributed by atoms with van der Waals surface area (Å²) in [4.78, 5) is 34.1. The number of hydrogen-bond donors (Lipinski definition) is 3. The number of nitrogens with one attached hydrogen (secondary N) is 2. The van der Waals surface area contributed by atoms with Gasteiger partial charge in [0.2, 0.25) is 6.41 Å². The van der Waals surface area contributed by atoms with Crippen LogP contribution >= 0.6 is 11.6 Å². The Balaban J connectivity index is 2.00. The SMILES string of the molecule is Cc1cncc(NC2NC(N(C)C=O)=C(C(=O)N(C)CCCO)N2Cc2ccc(Cl)cc2)c1. The van der Waals surface area contributed by atoms with Crippen molar-refractivity contribution in [2.45, 2.75) is 26.2 Å². The number of aromatic nitrogens is 1. The van der Waals surface area contributed by atoms with Crippen LogP contribution in [0.2, 0.25) is 5.02 Å². The highest BCUT2D eigenvalue weighted by Gasteiger charge is 2.38. The summed E-state index contributed by atoms with van der Waals surface area (Å²) < 4.78 is 0. The highest BCUT2D eigenvalue weighted by atomic mass is 35.5. The molecule has 1 aliphatic heterocycles. The van der Waals surface area contributed by atoms with Gasteiger partial charge in [-0.25, -0.2) is 0 Å². The summed E-state index contributed by atoms with van der Waals surface area (Å²) in [5.74, 6) is 0.123. The third-order valence-corrected chi connectivity index (χ3v) is 5.50. The average Bonchev–Trinajstić information content (AvgIpc) is 3.15. The number of hydrogen-bond acceptors (Lipinski definition) is 7. The quantitative estimate of drug-likeness (QED) is 0.454. The third-order valence-electron chi connectivity index (χ3n) is 5.25. The Kier molecular flexibility index (Phi) is 8.13. The molecule has 2 amide bonds. The number of anilines is 1. The maximum absolute atomic E-state index is 13.5. The molecule has 1 aliphatic rings. The van der Waals surface area contributed by atoms with E-state index in [0.717, 1.165) is 16.8 Å². The van der Waals surface area contributed by atoms with Crippen LogP contribution in [0, 0.1) is 6.92 Å². The van der Waals surface area contributed by atoms with Crippen molar-refractivity contribution >= 4 is 29.6 Å². The van der Waals surface area contributed by atoms with Crippen molar-refractivity contribution in [1.82, 2.24) is 25.0 Å². The summed E-state index contributed by atoms with van der Waals surface area (Å²) in [6, 6.07) is 9.33. The van der Waals surface area contributed by atoms with E-state index in [1.807, 2.05) is 30.0 Å². The number of pyridine rings is 1. The van der Waals surface area contributed by atoms with Crippen molar-refractivity contribution in [2.75, 3.05) is 32.6 Å². The number of aliphatic hydroxyl groups excluding tert-OH is 1. The second kappa shape index (κ2) is 11.0.